The summed E-state index contributed by atoms with van der Waals surface area (Å²) in [4.78, 5) is 1.21. The topological polar surface area (TPSA) is 51.0 Å². The van der Waals surface area contributed by atoms with Gasteiger partial charge in [-0.1, -0.05) is 26.0 Å². The van der Waals surface area contributed by atoms with E-state index in [4.69, 9.17) is 4.42 Å². The molecule has 0 spiro atoms. The molecule has 19 heavy (non-hydrogen) atoms. The summed E-state index contributed by atoms with van der Waals surface area (Å²) in [6.07, 6.45) is 0. The van der Waals surface area contributed by atoms with E-state index in [1.54, 1.807) is 18.7 Å². The smallest absolute Gasteiger partial charge is 0.226 e. The predicted octanol–water partition coefficient (Wildman–Crippen LogP) is 3.17. The molecule has 4 nitrogen and oxygen atoms in total. The molecule has 1 aromatic carbocycles. The lowest BCUT2D eigenvalue weighted by molar-refractivity contribution is 0.485. The number of aromatic nitrogens is 2. The van der Waals surface area contributed by atoms with Crippen LogP contribution in [0.25, 0.3) is 0 Å². The van der Waals surface area contributed by atoms with Crippen molar-refractivity contribution in [3.05, 3.63) is 41.6 Å². The molecule has 0 aliphatic rings. The monoisotopic (exact) mass is 277 g/mol. The van der Waals surface area contributed by atoms with Crippen molar-refractivity contribution < 1.29 is 4.42 Å². The van der Waals surface area contributed by atoms with Crippen LogP contribution in [0.3, 0.4) is 0 Å². The fourth-order valence-electron chi connectivity index (χ4n) is 1.57. The maximum absolute atomic E-state index is 5.34. The first-order valence-corrected chi connectivity index (χ1v) is 7.36. The van der Waals surface area contributed by atoms with Crippen molar-refractivity contribution in [3.63, 3.8) is 0 Å². The van der Waals surface area contributed by atoms with Gasteiger partial charge in [0.1, 0.15) is 0 Å². The standard InChI is InChI=1S/C14H19N3OS/c1-10(2)15-8-12-4-6-13(7-5-12)19-9-14-17-16-11(3)18-14/h4-7,10,15H,8-9H2,1-3H3. The summed E-state index contributed by atoms with van der Waals surface area (Å²) in [6.45, 7) is 7.01. The van der Waals surface area contributed by atoms with Gasteiger partial charge in [-0.2, -0.15) is 0 Å². The lowest BCUT2D eigenvalue weighted by atomic mass is 10.2. The first kappa shape index (κ1) is 14.1. The molecule has 2 rings (SSSR count). The van der Waals surface area contributed by atoms with Crippen molar-refractivity contribution in [2.24, 2.45) is 0 Å². The molecule has 1 heterocycles. The summed E-state index contributed by atoms with van der Waals surface area (Å²) >= 11 is 1.70. The number of nitrogens with zero attached hydrogens (tertiary/aromatic N) is 2. The molecule has 0 amide bonds. The summed E-state index contributed by atoms with van der Waals surface area (Å²) < 4.78 is 5.34. The molecule has 0 aliphatic heterocycles. The Balaban J connectivity index is 1.84. The fraction of sp³-hybridized carbons (Fsp3) is 0.429. The van der Waals surface area contributed by atoms with Crippen LogP contribution in [0.1, 0.15) is 31.2 Å². The van der Waals surface area contributed by atoms with E-state index < -0.39 is 0 Å². The van der Waals surface area contributed by atoms with Gasteiger partial charge in [-0.3, -0.25) is 0 Å². The van der Waals surface area contributed by atoms with E-state index in [2.05, 4.69) is 53.6 Å². The van der Waals surface area contributed by atoms with Crippen LogP contribution in [0.5, 0.6) is 0 Å². The molecular weight excluding hydrogens is 258 g/mol. The van der Waals surface area contributed by atoms with Crippen LogP contribution in [0.2, 0.25) is 0 Å². The van der Waals surface area contributed by atoms with Gasteiger partial charge in [-0.05, 0) is 17.7 Å². The molecule has 0 aliphatic carbocycles. The Hall–Kier alpha value is -1.33. The minimum absolute atomic E-state index is 0.509. The summed E-state index contributed by atoms with van der Waals surface area (Å²) in [7, 11) is 0. The third-order valence-electron chi connectivity index (χ3n) is 2.57. The highest BCUT2D eigenvalue weighted by molar-refractivity contribution is 7.98. The van der Waals surface area contributed by atoms with Crippen molar-refractivity contribution in [1.29, 1.82) is 0 Å². The van der Waals surface area contributed by atoms with Crippen molar-refractivity contribution in [2.45, 2.75) is 44.0 Å². The zero-order chi connectivity index (χ0) is 13.7. The van der Waals surface area contributed by atoms with Crippen molar-refractivity contribution in [1.82, 2.24) is 15.5 Å². The van der Waals surface area contributed by atoms with Crippen molar-refractivity contribution in [3.8, 4) is 0 Å². The number of thioether (sulfide) groups is 1. The number of aryl methyl sites for hydroxylation is 1. The molecule has 0 saturated heterocycles. The zero-order valence-electron chi connectivity index (χ0n) is 11.5. The molecular formula is C14H19N3OS. The highest BCUT2D eigenvalue weighted by atomic mass is 32.2. The second-order valence-electron chi connectivity index (χ2n) is 4.68. The first-order chi connectivity index (χ1) is 9.13. The summed E-state index contributed by atoms with van der Waals surface area (Å²) in [5.41, 5.74) is 1.30. The van der Waals surface area contributed by atoms with Crippen LogP contribution in [0, 0.1) is 6.92 Å². The van der Waals surface area contributed by atoms with Crippen LogP contribution in [-0.2, 0) is 12.3 Å². The first-order valence-electron chi connectivity index (χ1n) is 6.37. The van der Waals surface area contributed by atoms with Gasteiger partial charge in [0.05, 0.1) is 5.75 Å². The predicted molar refractivity (Wildman–Crippen MR) is 77.0 cm³/mol. The lowest BCUT2D eigenvalue weighted by Gasteiger charge is -2.08. The third kappa shape index (κ3) is 4.69. The van der Waals surface area contributed by atoms with Crippen LogP contribution < -0.4 is 5.32 Å². The van der Waals surface area contributed by atoms with E-state index >= 15 is 0 Å². The summed E-state index contributed by atoms with van der Waals surface area (Å²) in [5, 5.41) is 11.2. The number of benzene rings is 1. The van der Waals surface area contributed by atoms with Crippen LogP contribution >= 0.6 is 11.8 Å². The van der Waals surface area contributed by atoms with Crippen LogP contribution in [-0.4, -0.2) is 16.2 Å². The molecule has 0 bridgehead atoms. The molecule has 0 atom stereocenters. The highest BCUT2D eigenvalue weighted by Crippen LogP contribution is 2.22. The number of hydrogen-bond acceptors (Lipinski definition) is 5. The number of hydrogen-bond donors (Lipinski definition) is 1. The van der Waals surface area contributed by atoms with Gasteiger partial charge in [-0.15, -0.1) is 22.0 Å². The van der Waals surface area contributed by atoms with Gasteiger partial charge in [0, 0.05) is 24.4 Å². The maximum Gasteiger partial charge on any atom is 0.226 e. The Bertz CT molecular complexity index is 508. The number of nitrogens with one attached hydrogen (secondary N) is 1. The van der Waals surface area contributed by atoms with Gasteiger partial charge in [0.25, 0.3) is 0 Å². The maximum atomic E-state index is 5.34. The molecule has 0 fully saturated rings. The zero-order valence-corrected chi connectivity index (χ0v) is 12.3. The van der Waals surface area contributed by atoms with E-state index in [9.17, 15) is 0 Å². The third-order valence-corrected chi connectivity index (χ3v) is 3.56. The molecule has 5 heteroatoms. The molecule has 0 unspecified atom stereocenters. The van der Waals surface area contributed by atoms with Crippen molar-refractivity contribution >= 4 is 11.8 Å². The van der Waals surface area contributed by atoms with E-state index in [0.29, 0.717) is 23.6 Å². The average molecular weight is 277 g/mol. The SMILES string of the molecule is Cc1nnc(CSc2ccc(CNC(C)C)cc2)o1. The second-order valence-corrected chi connectivity index (χ2v) is 5.73. The summed E-state index contributed by atoms with van der Waals surface area (Å²) in [6, 6.07) is 9.07. The Morgan fingerprint density at radius 2 is 1.95 bits per heavy atom. The molecule has 1 N–H and O–H groups in total. The molecule has 2 aromatic rings. The fourth-order valence-corrected chi connectivity index (χ4v) is 2.30. The second kappa shape index (κ2) is 6.73. The number of rotatable bonds is 6. The minimum atomic E-state index is 0.509. The normalized spacial score (nSPS) is 11.2. The van der Waals surface area contributed by atoms with Gasteiger partial charge < -0.3 is 9.73 Å². The largest absolute Gasteiger partial charge is 0.425 e. The van der Waals surface area contributed by atoms with Gasteiger partial charge in [0.15, 0.2) is 0 Å². The van der Waals surface area contributed by atoms with E-state index in [1.165, 1.54) is 10.5 Å². The van der Waals surface area contributed by atoms with E-state index in [-0.39, 0.29) is 0 Å². The Morgan fingerprint density at radius 1 is 1.21 bits per heavy atom. The molecule has 0 saturated carbocycles. The van der Waals surface area contributed by atoms with Crippen LogP contribution in [0.4, 0.5) is 0 Å². The molecule has 0 radical (unpaired) electrons. The van der Waals surface area contributed by atoms with Gasteiger partial charge >= 0.3 is 0 Å². The van der Waals surface area contributed by atoms with Gasteiger partial charge in [0.2, 0.25) is 11.8 Å². The van der Waals surface area contributed by atoms with E-state index in [1.807, 2.05) is 0 Å². The van der Waals surface area contributed by atoms with Crippen LogP contribution in [0.15, 0.2) is 33.6 Å². The Labute approximate surface area is 118 Å². The Kier molecular flexibility index (Phi) is 4.99. The minimum Gasteiger partial charge on any atom is -0.425 e. The van der Waals surface area contributed by atoms with Gasteiger partial charge in [-0.25, -0.2) is 0 Å². The highest BCUT2D eigenvalue weighted by Gasteiger charge is 2.03. The molecule has 1 aromatic heterocycles. The average Bonchev–Trinajstić information content (AvgIpc) is 2.81. The Morgan fingerprint density at radius 3 is 2.53 bits per heavy atom. The van der Waals surface area contributed by atoms with E-state index in [0.717, 1.165) is 6.54 Å². The summed E-state index contributed by atoms with van der Waals surface area (Å²) in [5.74, 6) is 2.00. The molecule has 102 valence electrons. The van der Waals surface area contributed by atoms with Crippen molar-refractivity contribution in [2.75, 3.05) is 0 Å². The lowest BCUT2D eigenvalue weighted by Crippen LogP contribution is -2.21. The quantitative estimate of drug-likeness (QED) is 0.822.